The van der Waals surface area contributed by atoms with Crippen molar-refractivity contribution in [2.45, 2.75) is 57.7 Å². The molecule has 1 aliphatic heterocycles. The molecule has 0 aromatic carbocycles. The molecule has 1 heterocycles. The highest BCUT2D eigenvalue weighted by Gasteiger charge is 2.62. The number of rotatable bonds is 7. The lowest BCUT2D eigenvalue weighted by molar-refractivity contribution is -0.149. The van der Waals surface area contributed by atoms with Gasteiger partial charge in [0.1, 0.15) is 17.2 Å². The molecule has 0 bridgehead atoms. The molecule has 4 unspecified atom stereocenters. The minimum absolute atomic E-state index is 0.0716. The van der Waals surface area contributed by atoms with Crippen molar-refractivity contribution in [1.82, 2.24) is 15.5 Å². The number of nitrogens with one attached hydrogen (secondary N) is 2. The van der Waals surface area contributed by atoms with E-state index in [1.165, 1.54) is 4.90 Å². The molecule has 2 N–H and O–H groups in total. The van der Waals surface area contributed by atoms with Gasteiger partial charge in [-0.25, -0.2) is 9.59 Å². The molecule has 2 amide bonds. The Morgan fingerprint density at radius 1 is 1.32 bits per heavy atom. The van der Waals surface area contributed by atoms with Gasteiger partial charge in [-0.15, -0.1) is 6.58 Å². The zero-order chi connectivity index (χ0) is 21.1. The number of hydrogen-bond acceptors (Lipinski definition) is 6. The molecular weight excluding hydrogens is 362 g/mol. The van der Waals surface area contributed by atoms with Crippen molar-refractivity contribution in [3.63, 3.8) is 0 Å². The van der Waals surface area contributed by atoms with Gasteiger partial charge < -0.3 is 20.1 Å². The fraction of sp³-hybridized carbons (Fsp3) is 0.750. The Labute approximate surface area is 167 Å². The van der Waals surface area contributed by atoms with E-state index in [-0.39, 0.29) is 24.3 Å². The maximum Gasteiger partial charge on any atom is 0.410 e. The number of nitrogens with zero attached hydrogens (tertiary/aromatic N) is 1. The lowest BCUT2D eigenvalue weighted by Gasteiger charge is -2.31. The molecule has 0 spiro atoms. The second-order valence-corrected chi connectivity index (χ2v) is 8.45. The summed E-state index contributed by atoms with van der Waals surface area (Å²) in [7, 11) is 1.81. The summed E-state index contributed by atoms with van der Waals surface area (Å²) in [6, 6.07) is -0.709. The Hall–Kier alpha value is -2.09. The van der Waals surface area contributed by atoms with E-state index in [1.807, 2.05) is 0 Å². The summed E-state index contributed by atoms with van der Waals surface area (Å²) >= 11 is 0. The zero-order valence-corrected chi connectivity index (χ0v) is 17.5. The van der Waals surface area contributed by atoms with Crippen LogP contribution in [0.5, 0.6) is 0 Å². The molecule has 2 aliphatic rings. The molecule has 8 heteroatoms. The Kier molecular flexibility index (Phi) is 6.75. The highest BCUT2D eigenvalue weighted by molar-refractivity contribution is 5.95. The van der Waals surface area contributed by atoms with Crippen LogP contribution in [0.15, 0.2) is 12.7 Å². The summed E-state index contributed by atoms with van der Waals surface area (Å²) in [4.78, 5) is 39.8. The molecular formula is C20H33N3O5. The molecule has 8 nitrogen and oxygen atoms in total. The van der Waals surface area contributed by atoms with Crippen LogP contribution in [0.2, 0.25) is 0 Å². The van der Waals surface area contributed by atoms with Gasteiger partial charge in [0.15, 0.2) is 0 Å². The SMILES string of the molecule is C=CC1CC1(NC(=O)C1C(CNC)CCN1C(=O)OC(C)(C)C)C(=O)OCC. The van der Waals surface area contributed by atoms with Gasteiger partial charge >= 0.3 is 12.1 Å². The van der Waals surface area contributed by atoms with Crippen LogP contribution in [0.3, 0.4) is 0 Å². The Morgan fingerprint density at radius 3 is 2.50 bits per heavy atom. The van der Waals surface area contributed by atoms with Gasteiger partial charge in [0.2, 0.25) is 5.91 Å². The first-order valence-corrected chi connectivity index (χ1v) is 9.85. The lowest BCUT2D eigenvalue weighted by Crippen LogP contribution is -2.56. The number of hydrogen-bond donors (Lipinski definition) is 2. The van der Waals surface area contributed by atoms with Gasteiger partial charge in [-0.05, 0) is 47.6 Å². The van der Waals surface area contributed by atoms with Gasteiger partial charge in [-0.2, -0.15) is 0 Å². The average molecular weight is 396 g/mol. The molecule has 0 radical (unpaired) electrons. The van der Waals surface area contributed by atoms with Crippen molar-refractivity contribution in [2.24, 2.45) is 11.8 Å². The summed E-state index contributed by atoms with van der Waals surface area (Å²) < 4.78 is 10.6. The lowest BCUT2D eigenvalue weighted by atomic mass is 9.99. The monoisotopic (exact) mass is 395 g/mol. The number of carbonyl (C=O) groups is 3. The normalized spacial score (nSPS) is 29.2. The molecule has 0 aromatic heterocycles. The third-order valence-corrected chi connectivity index (χ3v) is 5.17. The van der Waals surface area contributed by atoms with Crippen LogP contribution in [-0.4, -0.2) is 66.8 Å². The fourth-order valence-corrected chi connectivity index (χ4v) is 3.77. The highest BCUT2D eigenvalue weighted by atomic mass is 16.6. The number of carbonyl (C=O) groups excluding carboxylic acids is 3. The summed E-state index contributed by atoms with van der Waals surface area (Å²) in [6.07, 6.45) is 2.27. The number of likely N-dealkylation sites (tertiary alicyclic amines) is 1. The molecule has 1 aliphatic carbocycles. The van der Waals surface area contributed by atoms with Gasteiger partial charge in [0.25, 0.3) is 0 Å². The Balaban J connectivity index is 2.21. The first-order valence-electron chi connectivity index (χ1n) is 9.85. The van der Waals surface area contributed by atoms with Crippen LogP contribution in [0.1, 0.15) is 40.5 Å². The van der Waals surface area contributed by atoms with E-state index >= 15 is 0 Å². The van der Waals surface area contributed by atoms with E-state index in [2.05, 4.69) is 17.2 Å². The van der Waals surface area contributed by atoms with Crippen molar-refractivity contribution in [2.75, 3.05) is 26.7 Å². The molecule has 2 fully saturated rings. The topological polar surface area (TPSA) is 97.0 Å². The summed E-state index contributed by atoms with van der Waals surface area (Å²) in [5, 5.41) is 5.95. The molecule has 158 valence electrons. The Bertz CT molecular complexity index is 630. The van der Waals surface area contributed by atoms with Crippen LogP contribution < -0.4 is 10.6 Å². The maximum atomic E-state index is 13.2. The fourth-order valence-electron chi connectivity index (χ4n) is 3.77. The summed E-state index contributed by atoms with van der Waals surface area (Å²) in [5.41, 5.74) is -1.74. The molecule has 1 saturated heterocycles. The molecule has 0 aromatic rings. The third kappa shape index (κ3) is 4.66. The van der Waals surface area contributed by atoms with E-state index < -0.39 is 29.2 Å². The third-order valence-electron chi connectivity index (χ3n) is 5.17. The van der Waals surface area contributed by atoms with Crippen LogP contribution in [-0.2, 0) is 19.1 Å². The minimum atomic E-state index is -1.08. The summed E-state index contributed by atoms with van der Waals surface area (Å²) in [6.45, 7) is 12.1. The van der Waals surface area contributed by atoms with Gasteiger partial charge in [0.05, 0.1) is 6.61 Å². The maximum absolute atomic E-state index is 13.2. The second kappa shape index (κ2) is 8.51. The average Bonchev–Trinajstić information content (AvgIpc) is 3.14. The smallest absolute Gasteiger partial charge is 0.410 e. The second-order valence-electron chi connectivity index (χ2n) is 8.45. The number of esters is 1. The predicted octanol–water partition coefficient (Wildman–Crippen LogP) is 1.46. The Morgan fingerprint density at radius 2 is 2.00 bits per heavy atom. The van der Waals surface area contributed by atoms with Crippen LogP contribution >= 0.6 is 0 Å². The highest BCUT2D eigenvalue weighted by Crippen LogP contribution is 2.45. The molecule has 2 rings (SSSR count). The first-order chi connectivity index (χ1) is 13.1. The van der Waals surface area contributed by atoms with Crippen molar-refractivity contribution < 1.29 is 23.9 Å². The number of amides is 2. The van der Waals surface area contributed by atoms with E-state index in [1.54, 1.807) is 40.8 Å². The van der Waals surface area contributed by atoms with Crippen LogP contribution in [0.25, 0.3) is 0 Å². The van der Waals surface area contributed by atoms with Gasteiger partial charge in [0, 0.05) is 24.9 Å². The first kappa shape index (κ1) is 22.2. The largest absolute Gasteiger partial charge is 0.464 e. The van der Waals surface area contributed by atoms with Crippen molar-refractivity contribution in [1.29, 1.82) is 0 Å². The summed E-state index contributed by atoms with van der Waals surface area (Å²) in [5.74, 6) is -1.06. The van der Waals surface area contributed by atoms with Crippen molar-refractivity contribution in [3.8, 4) is 0 Å². The van der Waals surface area contributed by atoms with Crippen LogP contribution in [0.4, 0.5) is 4.79 Å². The van der Waals surface area contributed by atoms with Crippen molar-refractivity contribution in [3.05, 3.63) is 12.7 Å². The van der Waals surface area contributed by atoms with Gasteiger partial charge in [-0.1, -0.05) is 6.08 Å². The molecule has 1 saturated carbocycles. The van der Waals surface area contributed by atoms with Crippen molar-refractivity contribution >= 4 is 18.0 Å². The molecule has 4 atom stereocenters. The minimum Gasteiger partial charge on any atom is -0.464 e. The predicted molar refractivity (Wildman–Crippen MR) is 105 cm³/mol. The number of ether oxygens (including phenoxy) is 2. The van der Waals surface area contributed by atoms with E-state index in [9.17, 15) is 14.4 Å². The standard InChI is InChI=1S/C20H33N3O5/c1-7-14-11-20(14,17(25)27-8-2)22-16(24)15-13(12-21-6)9-10-23(15)18(26)28-19(3,4)5/h7,13-15,21H,1,8-12H2,2-6H3,(H,22,24). The molecule has 28 heavy (non-hydrogen) atoms. The van der Waals surface area contributed by atoms with E-state index in [0.29, 0.717) is 25.9 Å². The van der Waals surface area contributed by atoms with E-state index in [4.69, 9.17) is 9.47 Å². The quantitative estimate of drug-likeness (QED) is 0.500. The van der Waals surface area contributed by atoms with Crippen LogP contribution in [0, 0.1) is 11.8 Å². The van der Waals surface area contributed by atoms with Gasteiger partial charge in [-0.3, -0.25) is 9.69 Å². The zero-order valence-electron chi connectivity index (χ0n) is 17.5. The van der Waals surface area contributed by atoms with E-state index in [0.717, 1.165) is 0 Å².